The van der Waals surface area contributed by atoms with Gasteiger partial charge in [0.1, 0.15) is 12.4 Å². The van der Waals surface area contributed by atoms with Gasteiger partial charge in [-0.05, 0) is 72.7 Å². The van der Waals surface area contributed by atoms with Crippen molar-refractivity contribution in [3.05, 3.63) is 95.3 Å². The lowest BCUT2D eigenvalue weighted by Gasteiger charge is -2.32. The Morgan fingerprint density at radius 3 is 2.26 bits per heavy atom. The van der Waals surface area contributed by atoms with E-state index < -0.39 is 0 Å². The van der Waals surface area contributed by atoms with E-state index in [9.17, 15) is 4.79 Å². The van der Waals surface area contributed by atoms with Crippen molar-refractivity contribution in [2.45, 2.75) is 25.9 Å². The van der Waals surface area contributed by atoms with Crippen LogP contribution in [0.1, 0.15) is 39.9 Å². The van der Waals surface area contributed by atoms with E-state index in [1.807, 2.05) is 17.0 Å². The van der Waals surface area contributed by atoms with Crippen molar-refractivity contribution in [1.82, 2.24) is 9.88 Å². The average molecular weight is 412 g/mol. The Labute approximate surface area is 182 Å². The quantitative estimate of drug-likeness (QED) is 0.593. The fraction of sp³-hybridized carbons (Fsp3) is 0.269. The molecule has 1 amide bonds. The van der Waals surface area contributed by atoms with Crippen LogP contribution < -0.4 is 4.74 Å². The van der Waals surface area contributed by atoms with E-state index in [4.69, 9.17) is 10.00 Å². The molecular weight excluding hydrogens is 386 g/mol. The van der Waals surface area contributed by atoms with Crippen LogP contribution in [0.2, 0.25) is 0 Å². The van der Waals surface area contributed by atoms with Crippen LogP contribution in [0.4, 0.5) is 0 Å². The minimum absolute atomic E-state index is 0.0569. The zero-order valence-corrected chi connectivity index (χ0v) is 17.4. The average Bonchev–Trinajstić information content (AvgIpc) is 2.84. The van der Waals surface area contributed by atoms with Gasteiger partial charge in [-0.25, -0.2) is 0 Å². The second-order valence-corrected chi connectivity index (χ2v) is 7.92. The lowest BCUT2D eigenvalue weighted by molar-refractivity contribution is 0.0690. The van der Waals surface area contributed by atoms with Crippen LogP contribution in [0, 0.1) is 17.2 Å². The van der Waals surface area contributed by atoms with Gasteiger partial charge >= 0.3 is 0 Å². The van der Waals surface area contributed by atoms with Crippen LogP contribution in [-0.2, 0) is 13.0 Å². The maximum atomic E-state index is 12.7. The number of ether oxygens (including phenoxy) is 1. The summed E-state index contributed by atoms with van der Waals surface area (Å²) in [6, 6.07) is 21.3. The molecule has 0 N–H and O–H groups in total. The van der Waals surface area contributed by atoms with Crippen LogP contribution in [0.25, 0.3) is 0 Å². The first-order valence-corrected chi connectivity index (χ1v) is 10.6. The summed E-state index contributed by atoms with van der Waals surface area (Å²) >= 11 is 0. The molecule has 0 spiro atoms. The standard InChI is InChI=1S/C26H25N3O2/c27-18-22-5-7-24(8-6-22)26(30)29-15-11-21(12-16-29)17-20-1-3-23(4-2-20)19-31-25-9-13-28-14-10-25/h1-10,13-14,21H,11-12,15-17,19H2. The number of carbonyl (C=O) groups excluding carboxylic acids is 1. The van der Waals surface area contributed by atoms with Gasteiger partial charge in [0.25, 0.3) is 5.91 Å². The Balaban J connectivity index is 1.24. The van der Waals surface area contributed by atoms with Gasteiger partial charge in [-0.2, -0.15) is 5.26 Å². The highest BCUT2D eigenvalue weighted by atomic mass is 16.5. The number of hydrogen-bond donors (Lipinski definition) is 0. The number of benzene rings is 2. The molecule has 1 aliphatic heterocycles. The van der Waals surface area contributed by atoms with Crippen molar-refractivity contribution >= 4 is 5.91 Å². The molecule has 4 rings (SSSR count). The highest BCUT2D eigenvalue weighted by molar-refractivity contribution is 5.94. The summed E-state index contributed by atoms with van der Waals surface area (Å²) in [5.74, 6) is 1.46. The molecule has 5 heteroatoms. The van der Waals surface area contributed by atoms with Crippen molar-refractivity contribution < 1.29 is 9.53 Å². The molecule has 2 aromatic carbocycles. The molecule has 0 aliphatic carbocycles. The molecule has 1 fully saturated rings. The number of rotatable bonds is 6. The fourth-order valence-electron chi connectivity index (χ4n) is 3.92. The predicted molar refractivity (Wildman–Crippen MR) is 118 cm³/mol. The first-order chi connectivity index (χ1) is 15.2. The summed E-state index contributed by atoms with van der Waals surface area (Å²) in [6.45, 7) is 2.10. The van der Waals surface area contributed by atoms with Gasteiger partial charge in [0.15, 0.2) is 0 Å². The van der Waals surface area contributed by atoms with Crippen LogP contribution in [0.15, 0.2) is 73.1 Å². The smallest absolute Gasteiger partial charge is 0.253 e. The number of aromatic nitrogens is 1. The van der Waals surface area contributed by atoms with E-state index >= 15 is 0 Å². The van der Waals surface area contributed by atoms with Crippen molar-refractivity contribution in [2.75, 3.05) is 13.1 Å². The Hall–Kier alpha value is -3.65. The van der Waals surface area contributed by atoms with Crippen molar-refractivity contribution in [1.29, 1.82) is 5.26 Å². The molecule has 1 aromatic heterocycles. The van der Waals surface area contributed by atoms with Crippen LogP contribution >= 0.6 is 0 Å². The molecule has 2 heterocycles. The highest BCUT2D eigenvalue weighted by Crippen LogP contribution is 2.23. The number of carbonyl (C=O) groups is 1. The van der Waals surface area contributed by atoms with Crippen molar-refractivity contribution in [2.24, 2.45) is 5.92 Å². The molecule has 0 radical (unpaired) electrons. The number of piperidine rings is 1. The van der Waals surface area contributed by atoms with E-state index in [2.05, 4.69) is 35.3 Å². The molecule has 1 aliphatic rings. The van der Waals surface area contributed by atoms with E-state index in [1.165, 1.54) is 5.56 Å². The monoisotopic (exact) mass is 411 g/mol. The Morgan fingerprint density at radius 2 is 1.61 bits per heavy atom. The third-order valence-electron chi connectivity index (χ3n) is 5.77. The van der Waals surface area contributed by atoms with Gasteiger partial charge in [0.2, 0.25) is 0 Å². The van der Waals surface area contributed by atoms with Gasteiger partial charge in [0.05, 0.1) is 11.6 Å². The molecule has 0 atom stereocenters. The second kappa shape index (κ2) is 9.90. The first-order valence-electron chi connectivity index (χ1n) is 10.6. The molecule has 156 valence electrons. The summed E-state index contributed by atoms with van der Waals surface area (Å²) in [4.78, 5) is 18.6. The van der Waals surface area contributed by atoms with Gasteiger partial charge < -0.3 is 9.64 Å². The summed E-state index contributed by atoms with van der Waals surface area (Å²) in [7, 11) is 0. The molecule has 0 saturated carbocycles. The zero-order chi connectivity index (χ0) is 21.5. The van der Waals surface area contributed by atoms with Crippen LogP contribution in [0.3, 0.4) is 0 Å². The fourth-order valence-corrected chi connectivity index (χ4v) is 3.92. The molecule has 5 nitrogen and oxygen atoms in total. The molecular formula is C26H25N3O2. The second-order valence-electron chi connectivity index (χ2n) is 7.92. The molecule has 3 aromatic rings. The van der Waals surface area contributed by atoms with Gasteiger partial charge in [-0.15, -0.1) is 0 Å². The van der Waals surface area contributed by atoms with Gasteiger partial charge in [-0.1, -0.05) is 24.3 Å². The van der Waals surface area contributed by atoms with Gasteiger partial charge in [0, 0.05) is 31.0 Å². The lowest BCUT2D eigenvalue weighted by Crippen LogP contribution is -2.38. The van der Waals surface area contributed by atoms with E-state index in [0.717, 1.165) is 43.7 Å². The minimum Gasteiger partial charge on any atom is -0.489 e. The predicted octanol–water partition coefficient (Wildman–Crippen LogP) is 4.63. The summed E-state index contributed by atoms with van der Waals surface area (Å²) in [6.07, 6.45) is 6.50. The Kier molecular flexibility index (Phi) is 6.59. The Bertz CT molecular complexity index is 1030. The van der Waals surface area contributed by atoms with Crippen molar-refractivity contribution in [3.63, 3.8) is 0 Å². The molecule has 31 heavy (non-hydrogen) atoms. The molecule has 0 unspecified atom stereocenters. The number of hydrogen-bond acceptors (Lipinski definition) is 4. The number of amides is 1. The van der Waals surface area contributed by atoms with Gasteiger partial charge in [-0.3, -0.25) is 9.78 Å². The highest BCUT2D eigenvalue weighted by Gasteiger charge is 2.23. The van der Waals surface area contributed by atoms with E-state index in [0.29, 0.717) is 23.7 Å². The Morgan fingerprint density at radius 1 is 0.968 bits per heavy atom. The maximum Gasteiger partial charge on any atom is 0.253 e. The third-order valence-corrected chi connectivity index (χ3v) is 5.77. The van der Waals surface area contributed by atoms with E-state index in [-0.39, 0.29) is 5.91 Å². The van der Waals surface area contributed by atoms with Crippen LogP contribution in [0.5, 0.6) is 5.75 Å². The zero-order valence-electron chi connectivity index (χ0n) is 17.4. The first kappa shape index (κ1) is 20.6. The SMILES string of the molecule is N#Cc1ccc(C(=O)N2CCC(Cc3ccc(COc4ccncc4)cc3)CC2)cc1. The summed E-state index contributed by atoms with van der Waals surface area (Å²) < 4.78 is 5.77. The normalized spacial score (nSPS) is 14.1. The largest absolute Gasteiger partial charge is 0.489 e. The number of nitriles is 1. The van der Waals surface area contributed by atoms with E-state index in [1.54, 1.807) is 36.7 Å². The maximum absolute atomic E-state index is 12.7. The third kappa shape index (κ3) is 5.49. The number of pyridine rings is 1. The lowest BCUT2D eigenvalue weighted by atomic mass is 9.89. The summed E-state index contributed by atoms with van der Waals surface area (Å²) in [5, 5.41) is 8.90. The minimum atomic E-state index is 0.0569. The molecule has 0 bridgehead atoms. The number of nitrogens with zero attached hydrogens (tertiary/aromatic N) is 3. The topological polar surface area (TPSA) is 66.2 Å². The van der Waals surface area contributed by atoms with Crippen LogP contribution in [-0.4, -0.2) is 28.9 Å². The molecule has 1 saturated heterocycles. The number of likely N-dealkylation sites (tertiary alicyclic amines) is 1. The van der Waals surface area contributed by atoms with Crippen molar-refractivity contribution in [3.8, 4) is 11.8 Å². The summed E-state index contributed by atoms with van der Waals surface area (Å²) in [5.41, 5.74) is 3.69.